The fourth-order valence-corrected chi connectivity index (χ4v) is 3.53. The molecule has 0 bridgehead atoms. The van der Waals surface area contributed by atoms with E-state index in [1.165, 1.54) is 0 Å². The molecular weight excluding hydrogens is 318 g/mol. The minimum atomic E-state index is -0.0581. The summed E-state index contributed by atoms with van der Waals surface area (Å²) in [6.07, 6.45) is 0. The van der Waals surface area contributed by atoms with Gasteiger partial charge in [-0.2, -0.15) is 0 Å². The van der Waals surface area contributed by atoms with Gasteiger partial charge in [0.2, 0.25) is 5.91 Å². The first-order valence-electron chi connectivity index (χ1n) is 7.77. The van der Waals surface area contributed by atoms with Crippen LogP contribution in [0.25, 0.3) is 0 Å². The molecule has 0 aromatic heterocycles. The molecule has 0 radical (unpaired) electrons. The molecule has 1 atom stereocenters. The van der Waals surface area contributed by atoms with Gasteiger partial charge in [0.1, 0.15) is 17.5 Å². The number of hydrogen-bond acceptors (Lipinski definition) is 5. The van der Waals surface area contributed by atoms with E-state index in [1.807, 2.05) is 6.07 Å². The SMILES string of the molecule is COc1cc(OC)c(CN2CCN3CCNC(=O)C3C2)cc1Cl. The molecule has 0 aliphatic carbocycles. The van der Waals surface area contributed by atoms with Gasteiger partial charge in [-0.3, -0.25) is 14.6 Å². The maximum atomic E-state index is 12.0. The quantitative estimate of drug-likeness (QED) is 0.886. The number of fused-ring (bicyclic) bond motifs is 1. The van der Waals surface area contributed by atoms with Crippen molar-refractivity contribution in [2.24, 2.45) is 0 Å². The molecule has 1 aromatic carbocycles. The number of ether oxygens (including phenoxy) is 2. The summed E-state index contributed by atoms with van der Waals surface area (Å²) in [5.74, 6) is 1.48. The van der Waals surface area contributed by atoms with Gasteiger partial charge in [0, 0.05) is 50.9 Å². The van der Waals surface area contributed by atoms with E-state index in [2.05, 4.69) is 15.1 Å². The van der Waals surface area contributed by atoms with Crippen molar-refractivity contribution < 1.29 is 14.3 Å². The molecule has 2 heterocycles. The number of methoxy groups -OCH3 is 2. The molecule has 1 N–H and O–H groups in total. The maximum Gasteiger partial charge on any atom is 0.238 e. The second-order valence-electron chi connectivity index (χ2n) is 5.88. The summed E-state index contributed by atoms with van der Waals surface area (Å²) >= 11 is 6.24. The van der Waals surface area contributed by atoms with Crippen LogP contribution in [-0.4, -0.2) is 68.7 Å². The van der Waals surface area contributed by atoms with Crippen molar-refractivity contribution in [2.75, 3.05) is 46.9 Å². The molecule has 2 saturated heterocycles. The lowest BCUT2D eigenvalue weighted by atomic mass is 10.1. The summed E-state index contributed by atoms with van der Waals surface area (Å²) in [6.45, 7) is 4.93. The highest BCUT2D eigenvalue weighted by atomic mass is 35.5. The molecule has 1 amide bonds. The number of benzene rings is 1. The summed E-state index contributed by atoms with van der Waals surface area (Å²) < 4.78 is 10.7. The summed E-state index contributed by atoms with van der Waals surface area (Å²) in [4.78, 5) is 16.6. The average molecular weight is 340 g/mol. The lowest BCUT2D eigenvalue weighted by Crippen LogP contribution is -2.63. The Labute approximate surface area is 141 Å². The molecule has 126 valence electrons. The highest BCUT2D eigenvalue weighted by Gasteiger charge is 2.34. The number of amides is 1. The van der Waals surface area contributed by atoms with E-state index in [0.717, 1.165) is 44.0 Å². The van der Waals surface area contributed by atoms with Crippen molar-refractivity contribution in [3.63, 3.8) is 0 Å². The minimum absolute atomic E-state index is 0.0581. The second kappa shape index (κ2) is 6.95. The molecular formula is C16H22ClN3O3. The zero-order valence-corrected chi connectivity index (χ0v) is 14.2. The van der Waals surface area contributed by atoms with Crippen molar-refractivity contribution >= 4 is 17.5 Å². The standard InChI is InChI=1S/C16H22ClN3O3/c1-22-14-8-15(23-2)12(17)7-11(14)9-19-5-6-20-4-3-18-16(21)13(20)10-19/h7-8,13H,3-6,9-10H2,1-2H3,(H,18,21). The number of carbonyl (C=O) groups excluding carboxylic acids is 1. The summed E-state index contributed by atoms with van der Waals surface area (Å²) in [5.41, 5.74) is 1.00. The Bertz CT molecular complexity index is 596. The van der Waals surface area contributed by atoms with Gasteiger partial charge in [-0.05, 0) is 6.07 Å². The second-order valence-corrected chi connectivity index (χ2v) is 6.28. The van der Waals surface area contributed by atoms with Gasteiger partial charge >= 0.3 is 0 Å². The summed E-state index contributed by atoms with van der Waals surface area (Å²) in [6, 6.07) is 3.63. The highest BCUT2D eigenvalue weighted by Crippen LogP contribution is 2.33. The molecule has 1 aromatic rings. The van der Waals surface area contributed by atoms with Crippen molar-refractivity contribution in [1.29, 1.82) is 0 Å². The predicted octanol–water partition coefficient (Wildman–Crippen LogP) is 0.973. The van der Waals surface area contributed by atoms with Gasteiger partial charge in [0.15, 0.2) is 0 Å². The van der Waals surface area contributed by atoms with Gasteiger partial charge in [-0.15, -0.1) is 0 Å². The fourth-order valence-electron chi connectivity index (χ4n) is 3.26. The van der Waals surface area contributed by atoms with Crippen LogP contribution in [0.4, 0.5) is 0 Å². The van der Waals surface area contributed by atoms with Crippen LogP contribution in [0.3, 0.4) is 0 Å². The van der Waals surface area contributed by atoms with E-state index in [1.54, 1.807) is 20.3 Å². The van der Waals surface area contributed by atoms with E-state index in [-0.39, 0.29) is 11.9 Å². The Morgan fingerprint density at radius 3 is 2.74 bits per heavy atom. The molecule has 1 unspecified atom stereocenters. The van der Waals surface area contributed by atoms with E-state index in [4.69, 9.17) is 21.1 Å². The monoisotopic (exact) mass is 339 g/mol. The lowest BCUT2D eigenvalue weighted by molar-refractivity contribution is -0.131. The third-order valence-corrected chi connectivity index (χ3v) is 4.82. The highest BCUT2D eigenvalue weighted by molar-refractivity contribution is 6.32. The smallest absolute Gasteiger partial charge is 0.238 e. The lowest BCUT2D eigenvalue weighted by Gasteiger charge is -2.43. The normalized spacial score (nSPS) is 22.4. The Morgan fingerprint density at radius 1 is 1.22 bits per heavy atom. The minimum Gasteiger partial charge on any atom is -0.496 e. The van der Waals surface area contributed by atoms with Gasteiger partial charge in [-0.1, -0.05) is 11.6 Å². The first kappa shape index (κ1) is 16.4. The van der Waals surface area contributed by atoms with Crippen molar-refractivity contribution in [3.05, 3.63) is 22.7 Å². The summed E-state index contributed by atoms with van der Waals surface area (Å²) in [7, 11) is 3.22. The van der Waals surface area contributed by atoms with Crippen LogP contribution in [0.2, 0.25) is 5.02 Å². The van der Waals surface area contributed by atoms with E-state index < -0.39 is 0 Å². The largest absolute Gasteiger partial charge is 0.496 e. The van der Waals surface area contributed by atoms with Gasteiger partial charge < -0.3 is 14.8 Å². The van der Waals surface area contributed by atoms with Crippen LogP contribution in [0.15, 0.2) is 12.1 Å². The Kier molecular flexibility index (Phi) is 4.94. The Hall–Kier alpha value is -1.50. The topological polar surface area (TPSA) is 54.0 Å². The molecule has 2 aliphatic rings. The van der Waals surface area contributed by atoms with Crippen molar-refractivity contribution in [1.82, 2.24) is 15.1 Å². The van der Waals surface area contributed by atoms with Gasteiger partial charge in [0.25, 0.3) is 0 Å². The van der Waals surface area contributed by atoms with Crippen LogP contribution in [0, 0.1) is 0 Å². The Morgan fingerprint density at radius 2 is 2.00 bits per heavy atom. The molecule has 23 heavy (non-hydrogen) atoms. The number of hydrogen-bond donors (Lipinski definition) is 1. The number of halogens is 1. The zero-order valence-electron chi connectivity index (χ0n) is 13.5. The Balaban J connectivity index is 1.74. The molecule has 2 fully saturated rings. The van der Waals surface area contributed by atoms with Crippen molar-refractivity contribution in [3.8, 4) is 11.5 Å². The molecule has 6 nitrogen and oxygen atoms in total. The number of rotatable bonds is 4. The number of nitrogens with one attached hydrogen (secondary N) is 1. The van der Waals surface area contributed by atoms with Crippen LogP contribution < -0.4 is 14.8 Å². The molecule has 2 aliphatic heterocycles. The first-order valence-corrected chi connectivity index (χ1v) is 8.14. The predicted molar refractivity (Wildman–Crippen MR) is 88.2 cm³/mol. The van der Waals surface area contributed by atoms with Gasteiger partial charge in [-0.25, -0.2) is 0 Å². The van der Waals surface area contributed by atoms with E-state index in [0.29, 0.717) is 17.3 Å². The summed E-state index contributed by atoms with van der Waals surface area (Å²) in [5, 5.41) is 3.51. The van der Waals surface area contributed by atoms with E-state index in [9.17, 15) is 4.79 Å². The van der Waals surface area contributed by atoms with Gasteiger partial charge in [0.05, 0.1) is 19.2 Å². The van der Waals surface area contributed by atoms with Crippen LogP contribution in [-0.2, 0) is 11.3 Å². The fraction of sp³-hybridized carbons (Fsp3) is 0.562. The van der Waals surface area contributed by atoms with Crippen LogP contribution in [0.1, 0.15) is 5.56 Å². The van der Waals surface area contributed by atoms with Crippen molar-refractivity contribution in [2.45, 2.75) is 12.6 Å². The molecule has 0 spiro atoms. The molecule has 0 saturated carbocycles. The zero-order chi connectivity index (χ0) is 16.4. The first-order chi connectivity index (χ1) is 11.1. The molecule has 3 rings (SSSR count). The average Bonchev–Trinajstić information content (AvgIpc) is 2.56. The third-order valence-electron chi connectivity index (χ3n) is 4.53. The van der Waals surface area contributed by atoms with Crippen LogP contribution in [0.5, 0.6) is 11.5 Å². The molecule has 7 heteroatoms. The van der Waals surface area contributed by atoms with Crippen LogP contribution >= 0.6 is 11.6 Å². The number of piperazine rings is 2. The number of carbonyl (C=O) groups is 1. The maximum absolute atomic E-state index is 12.0. The van der Waals surface area contributed by atoms with E-state index >= 15 is 0 Å². The number of nitrogens with zero attached hydrogens (tertiary/aromatic N) is 2. The third kappa shape index (κ3) is 3.39.